The zero-order chi connectivity index (χ0) is 46.9. The molecular weight excluding hydrogens is 886 g/mol. The third-order valence-corrected chi connectivity index (χ3v) is 10.8. The number of carboxylic acids is 1. The van der Waals surface area contributed by atoms with Crippen LogP contribution in [0.5, 0.6) is 0 Å². The number of hydrogen-bond donors (Lipinski definition) is 5. The van der Waals surface area contributed by atoms with E-state index < -0.39 is 17.6 Å². The second-order valence-electron chi connectivity index (χ2n) is 15.1. The number of carbonyl (C=O) groups excluding carboxylic acids is 1. The van der Waals surface area contributed by atoms with Crippen LogP contribution in [0, 0.1) is 39.3 Å². The minimum absolute atomic E-state index is 0. The van der Waals surface area contributed by atoms with Gasteiger partial charge in [0.1, 0.15) is 23.3 Å². The number of nitrogens with two attached hydrogens (primary N) is 3. The van der Waals surface area contributed by atoms with E-state index in [1.165, 1.54) is 36.5 Å². The van der Waals surface area contributed by atoms with Crippen LogP contribution in [0.2, 0.25) is 10.0 Å². The highest BCUT2D eigenvalue weighted by Crippen LogP contribution is 2.25. The molecule has 0 saturated carbocycles. The highest BCUT2D eigenvalue weighted by molar-refractivity contribution is 6.31. The Morgan fingerprint density at radius 3 is 1.56 bits per heavy atom. The topological polar surface area (TPSA) is 222 Å². The fourth-order valence-electron chi connectivity index (χ4n) is 6.99. The molecule has 17 heteroatoms. The Bertz CT molecular complexity index is 3040. The highest BCUT2D eigenvalue weighted by atomic mass is 35.5. The lowest BCUT2D eigenvalue weighted by Crippen LogP contribution is -2.24. The van der Waals surface area contributed by atoms with Crippen molar-refractivity contribution in [3.63, 3.8) is 0 Å². The predicted octanol–water partition coefficient (Wildman–Crippen LogP) is 9.62. The van der Waals surface area contributed by atoms with Crippen molar-refractivity contribution in [2.45, 2.75) is 61.1 Å². The molecule has 0 aliphatic carbocycles. The van der Waals surface area contributed by atoms with Crippen molar-refractivity contribution >= 4 is 68.5 Å². The number of nitrogen functional groups attached to an aromatic ring is 2. The minimum atomic E-state index is -0.998. The van der Waals surface area contributed by atoms with Gasteiger partial charge in [0.2, 0.25) is 0 Å². The van der Waals surface area contributed by atoms with Crippen LogP contribution in [0.4, 0.5) is 20.4 Å². The van der Waals surface area contributed by atoms with Crippen LogP contribution in [0.3, 0.4) is 0 Å². The molecule has 13 nitrogen and oxygen atoms in total. The average Bonchev–Trinajstić information content (AvgIpc) is 3.25. The smallest absolute Gasteiger partial charge is 0.335 e. The Morgan fingerprint density at radius 2 is 1.11 bits per heavy atom. The molecule has 0 unspecified atom stereocenters. The van der Waals surface area contributed by atoms with Gasteiger partial charge in [0.15, 0.2) is 0 Å². The number of aromatic carboxylic acids is 1. The van der Waals surface area contributed by atoms with Crippen molar-refractivity contribution in [1.29, 1.82) is 0 Å². The molecule has 8 rings (SSSR count). The summed E-state index contributed by atoms with van der Waals surface area (Å²) >= 11 is 11.7. The zero-order valence-corrected chi connectivity index (χ0v) is 37.3. The van der Waals surface area contributed by atoms with Gasteiger partial charge in [-0.3, -0.25) is 24.7 Å². The molecule has 0 saturated heterocycles. The predicted molar refractivity (Wildman–Crippen MR) is 257 cm³/mol. The van der Waals surface area contributed by atoms with Gasteiger partial charge < -0.3 is 27.6 Å². The number of halogens is 4. The van der Waals surface area contributed by atoms with Crippen molar-refractivity contribution in [1.82, 2.24) is 35.2 Å². The Morgan fingerprint density at radius 1 is 0.652 bits per heavy atom. The maximum atomic E-state index is 13.6. The number of rotatable bonds is 9. The van der Waals surface area contributed by atoms with E-state index in [2.05, 4.69) is 35.2 Å². The summed E-state index contributed by atoms with van der Waals surface area (Å²) in [5, 5.41) is 13.5. The van der Waals surface area contributed by atoms with E-state index in [9.17, 15) is 18.4 Å². The number of carbonyl (C=O) groups is 2. The van der Waals surface area contributed by atoms with Gasteiger partial charge in [-0.05, 0) is 122 Å². The molecule has 1 amide bonds. The van der Waals surface area contributed by atoms with E-state index in [0.717, 1.165) is 55.5 Å². The monoisotopic (exact) mass is 932 g/mol. The van der Waals surface area contributed by atoms with Crippen molar-refractivity contribution in [2.24, 2.45) is 5.73 Å². The number of hydrogen-bond acceptors (Lipinski definition) is 11. The highest BCUT2D eigenvalue weighted by Gasteiger charge is 2.13. The van der Waals surface area contributed by atoms with Gasteiger partial charge >= 0.3 is 5.97 Å². The molecule has 8 N–H and O–H groups in total. The number of carboxylic acid groups (broad SMARTS) is 1. The van der Waals surface area contributed by atoms with Crippen molar-refractivity contribution in [2.75, 3.05) is 11.5 Å². The van der Waals surface area contributed by atoms with Crippen LogP contribution in [0.1, 0.15) is 84.3 Å². The molecule has 0 radical (unpaired) electrons. The van der Waals surface area contributed by atoms with Gasteiger partial charge in [-0.15, -0.1) is 0 Å². The molecule has 66 heavy (non-hydrogen) atoms. The maximum absolute atomic E-state index is 13.6. The summed E-state index contributed by atoms with van der Waals surface area (Å²) in [6.07, 6.45) is 7.25. The van der Waals surface area contributed by atoms with E-state index in [-0.39, 0.29) is 28.9 Å². The normalized spacial score (nSPS) is 10.6. The number of aryl methyl sites for hydroxylation is 4. The number of pyridine rings is 6. The molecule has 6 heterocycles. The first-order valence-corrected chi connectivity index (χ1v) is 20.8. The lowest BCUT2D eigenvalue weighted by atomic mass is 10.1. The third-order valence-electron chi connectivity index (χ3n) is 10.3. The largest absolute Gasteiger partial charge is 0.478 e. The van der Waals surface area contributed by atoms with Gasteiger partial charge in [0.25, 0.3) is 5.91 Å². The van der Waals surface area contributed by atoms with E-state index in [1.54, 1.807) is 42.9 Å². The quantitative estimate of drug-likeness (QED) is 0.0913. The first-order valence-electron chi connectivity index (χ1n) is 20.0. The van der Waals surface area contributed by atoms with E-state index >= 15 is 0 Å². The molecule has 6 aromatic heterocycles. The molecule has 2 aromatic carbocycles. The van der Waals surface area contributed by atoms with Gasteiger partial charge in [0, 0.05) is 102 Å². The van der Waals surface area contributed by atoms with Gasteiger partial charge in [-0.25, -0.2) is 23.5 Å². The second kappa shape index (κ2) is 22.1. The zero-order valence-electron chi connectivity index (χ0n) is 35.8. The first kappa shape index (κ1) is 49.8. The van der Waals surface area contributed by atoms with Crippen molar-refractivity contribution < 1.29 is 23.5 Å². The third kappa shape index (κ3) is 12.7. The SMILES string of the molecule is C.Cc1cc(N)nc(C)c1CN.Cc1cc(N)nc(C)c1CNC(=O)c1ccnc(Cc2cnc3cc(F)c(Cl)cc3c2)c1.O=C(O)c1ccnc(Cc2cnc3cc(F)c(Cl)cc3c2)c1. The molecule has 8 aromatic rings. The van der Waals surface area contributed by atoms with Crippen LogP contribution in [-0.4, -0.2) is 46.9 Å². The van der Waals surface area contributed by atoms with Gasteiger partial charge in [-0.2, -0.15) is 0 Å². The number of nitrogens with one attached hydrogen (secondary N) is 1. The lowest BCUT2D eigenvalue weighted by molar-refractivity contribution is 0.0696. The molecule has 0 aliphatic heterocycles. The Kier molecular flexibility index (Phi) is 16.7. The minimum Gasteiger partial charge on any atom is -0.478 e. The lowest BCUT2D eigenvalue weighted by Gasteiger charge is -2.12. The summed E-state index contributed by atoms with van der Waals surface area (Å²) in [7, 11) is 0. The summed E-state index contributed by atoms with van der Waals surface area (Å²) in [4.78, 5) is 49.0. The Balaban J connectivity index is 0.000000207. The van der Waals surface area contributed by atoms with Crippen LogP contribution in [0.15, 0.2) is 97.6 Å². The van der Waals surface area contributed by atoms with Gasteiger partial charge in [-0.1, -0.05) is 30.6 Å². The van der Waals surface area contributed by atoms with Crippen molar-refractivity contribution in [3.8, 4) is 0 Å². The van der Waals surface area contributed by atoms with Crippen LogP contribution < -0.4 is 22.5 Å². The number of aromatic nitrogens is 6. The molecule has 0 spiro atoms. The summed E-state index contributed by atoms with van der Waals surface area (Å²) in [5.74, 6) is -1.18. The van der Waals surface area contributed by atoms with Crippen LogP contribution in [0.25, 0.3) is 21.8 Å². The summed E-state index contributed by atoms with van der Waals surface area (Å²) in [6.45, 7) is 8.61. The standard InChI is InChI=1S/C24H21ClFN5O.C16H10ClFN2O2.C8H13N3.CH4/c1-13-5-23(27)31-14(2)19(13)12-30-24(32)16-3-4-28-18(8-16)7-15-6-17-9-20(25)21(26)10-22(17)29-11-15;17-13-6-11-3-9(8-20-15(11)7-14(13)18)4-12-5-10(16(21)22)1-2-19-12;1-5-3-8(10)11-6(2)7(5)4-9;/h3-6,8-11H,7,12H2,1-2H3,(H2,27,31)(H,30,32);1-3,5-8H,4H2,(H,21,22);3H,4,9H2,1-2H3,(H2,10,11);1H4. The number of fused-ring (bicyclic) bond motifs is 2. The molecule has 0 atom stereocenters. The van der Waals surface area contributed by atoms with Crippen LogP contribution in [-0.2, 0) is 25.9 Å². The van der Waals surface area contributed by atoms with E-state index in [1.807, 2.05) is 45.9 Å². The Hall–Kier alpha value is -7.20. The summed E-state index contributed by atoms with van der Waals surface area (Å²) in [6, 6.07) is 19.4. The first-order chi connectivity index (χ1) is 31.0. The maximum Gasteiger partial charge on any atom is 0.335 e. The van der Waals surface area contributed by atoms with E-state index in [0.29, 0.717) is 65.6 Å². The number of anilines is 2. The average molecular weight is 934 g/mol. The molecule has 0 aliphatic rings. The van der Waals surface area contributed by atoms with Crippen molar-refractivity contribution in [3.05, 3.63) is 187 Å². The molecule has 0 fully saturated rings. The summed E-state index contributed by atoms with van der Waals surface area (Å²) in [5.41, 5.74) is 27.5. The molecule has 340 valence electrons. The Labute approximate surface area is 390 Å². The van der Waals surface area contributed by atoms with Gasteiger partial charge in [0.05, 0.1) is 26.6 Å². The van der Waals surface area contributed by atoms with Crippen LogP contribution >= 0.6 is 23.2 Å². The number of benzene rings is 2. The molecule has 0 bridgehead atoms. The fourth-order valence-corrected chi connectivity index (χ4v) is 7.34. The molecular formula is C49H48Cl2F2N10O3. The number of nitrogens with zero attached hydrogens (tertiary/aromatic N) is 6. The summed E-state index contributed by atoms with van der Waals surface area (Å²) < 4.78 is 27.0. The van der Waals surface area contributed by atoms with E-state index in [4.69, 9.17) is 45.5 Å². The second-order valence-corrected chi connectivity index (χ2v) is 15.9. The fraction of sp³-hybridized carbons (Fsp3) is 0.184. The number of amides is 1.